The minimum atomic E-state index is -0.140. The van der Waals surface area contributed by atoms with Gasteiger partial charge in [-0.2, -0.15) is 0 Å². The number of aromatic nitrogens is 2. The molecule has 26 heavy (non-hydrogen) atoms. The number of aryl methyl sites for hydroxylation is 1. The zero-order chi connectivity index (χ0) is 18.5. The average molecular weight is 393 g/mol. The van der Waals surface area contributed by atoms with Gasteiger partial charge in [0.05, 0.1) is 38.0 Å². The van der Waals surface area contributed by atoms with Crippen LogP contribution in [0, 0.1) is 6.92 Å². The molecule has 1 amide bonds. The smallest absolute Gasteiger partial charge is 0.236 e. The van der Waals surface area contributed by atoms with E-state index in [0.29, 0.717) is 0 Å². The molecule has 1 atom stereocenters. The van der Waals surface area contributed by atoms with Crippen LogP contribution in [-0.2, 0) is 4.79 Å². The van der Waals surface area contributed by atoms with Gasteiger partial charge >= 0.3 is 0 Å². The van der Waals surface area contributed by atoms with Crippen LogP contribution in [0.1, 0.15) is 19.4 Å². The van der Waals surface area contributed by atoms with Gasteiger partial charge in [0.2, 0.25) is 11.0 Å². The molecule has 0 aliphatic carbocycles. The fourth-order valence-electron chi connectivity index (χ4n) is 2.92. The number of carbonyl (C=O) groups excluding carboxylic acids is 1. The Morgan fingerprint density at radius 2 is 2.00 bits per heavy atom. The number of piperazine rings is 1. The number of thioether (sulfide) groups is 1. The molecule has 1 saturated heterocycles. The maximum atomic E-state index is 12.7. The molecule has 8 heteroatoms. The lowest BCUT2D eigenvalue weighted by Crippen LogP contribution is -3.14. The Labute approximate surface area is 163 Å². The Hall–Kier alpha value is -1.64. The van der Waals surface area contributed by atoms with Crippen LogP contribution in [0.15, 0.2) is 28.6 Å². The number of benzene rings is 1. The van der Waals surface area contributed by atoms with Gasteiger partial charge in [-0.1, -0.05) is 40.8 Å². The maximum Gasteiger partial charge on any atom is 0.236 e. The molecule has 1 aliphatic heterocycles. The van der Waals surface area contributed by atoms with Gasteiger partial charge in [0, 0.05) is 5.69 Å². The number of amides is 1. The summed E-state index contributed by atoms with van der Waals surface area (Å²) in [5, 5.41) is 12.3. The summed E-state index contributed by atoms with van der Waals surface area (Å²) in [6, 6.07) is 8.15. The summed E-state index contributed by atoms with van der Waals surface area (Å²) in [4.78, 5) is 16.2. The van der Waals surface area contributed by atoms with Gasteiger partial charge in [-0.15, -0.1) is 10.2 Å². The number of likely N-dealkylation sites (N-methyl/N-ethyl adjacent to an activating group) is 1. The Bertz CT molecular complexity index is 725. The molecular formula is C18H26N5OS2+. The second-order valence-corrected chi connectivity index (χ2v) is 9.12. The Kier molecular flexibility index (Phi) is 6.50. The second kappa shape index (κ2) is 8.83. The number of carbonyl (C=O) groups is 1. The van der Waals surface area contributed by atoms with Crippen molar-refractivity contribution >= 4 is 39.8 Å². The zero-order valence-electron chi connectivity index (χ0n) is 15.5. The van der Waals surface area contributed by atoms with Gasteiger partial charge in [-0.25, -0.2) is 0 Å². The molecule has 2 aromatic rings. The lowest BCUT2D eigenvalue weighted by molar-refractivity contribution is -0.902. The molecule has 0 unspecified atom stereocenters. The summed E-state index contributed by atoms with van der Waals surface area (Å²) in [5.41, 5.74) is 2.21. The second-order valence-electron chi connectivity index (χ2n) is 6.55. The van der Waals surface area contributed by atoms with Crippen molar-refractivity contribution in [3.8, 4) is 0 Å². The molecule has 6 nitrogen and oxygen atoms in total. The van der Waals surface area contributed by atoms with Crippen molar-refractivity contribution in [1.82, 2.24) is 15.1 Å². The third-order valence-corrected chi connectivity index (χ3v) is 6.63. The van der Waals surface area contributed by atoms with E-state index in [-0.39, 0.29) is 11.2 Å². The SMILES string of the molecule is CC[NH+]1CCN(C(=O)[C@@H](C)Sc2nnc(Nc3ccc(C)cc3)s2)CC1. The molecule has 0 saturated carbocycles. The lowest BCUT2D eigenvalue weighted by atomic mass is 10.2. The van der Waals surface area contributed by atoms with E-state index < -0.39 is 0 Å². The van der Waals surface area contributed by atoms with E-state index in [1.54, 1.807) is 4.90 Å². The van der Waals surface area contributed by atoms with E-state index in [2.05, 4.69) is 41.5 Å². The Morgan fingerprint density at radius 3 is 2.65 bits per heavy atom. The van der Waals surface area contributed by atoms with Crippen molar-refractivity contribution in [2.45, 2.75) is 30.4 Å². The largest absolute Gasteiger partial charge is 0.332 e. The van der Waals surface area contributed by atoms with Crippen LogP contribution < -0.4 is 10.2 Å². The van der Waals surface area contributed by atoms with Gasteiger partial charge in [-0.05, 0) is 32.9 Å². The van der Waals surface area contributed by atoms with Crippen LogP contribution >= 0.6 is 23.1 Å². The van der Waals surface area contributed by atoms with E-state index in [4.69, 9.17) is 0 Å². The lowest BCUT2D eigenvalue weighted by Gasteiger charge is -2.32. The number of rotatable bonds is 6. The molecule has 1 aromatic heterocycles. The molecule has 1 aromatic carbocycles. The number of nitrogens with one attached hydrogen (secondary N) is 2. The standard InChI is InChI=1S/C18H25N5OS2/c1-4-22-9-11-23(12-10-22)16(24)14(3)25-18-21-20-17(26-18)19-15-7-5-13(2)6-8-15/h5-8,14H,4,9-12H2,1-3H3,(H,19,20)/p+1/t14-/m1/s1. The highest BCUT2D eigenvalue weighted by molar-refractivity contribution is 8.02. The highest BCUT2D eigenvalue weighted by Crippen LogP contribution is 2.31. The first-order valence-corrected chi connectivity index (χ1v) is 10.7. The van der Waals surface area contributed by atoms with Gasteiger partial charge < -0.3 is 15.1 Å². The van der Waals surface area contributed by atoms with Gasteiger partial charge in [-0.3, -0.25) is 4.79 Å². The third-order valence-electron chi connectivity index (χ3n) is 4.62. The van der Waals surface area contributed by atoms with E-state index in [1.807, 2.05) is 24.0 Å². The van der Waals surface area contributed by atoms with Gasteiger partial charge in [0.25, 0.3) is 0 Å². The predicted octanol–water partition coefficient (Wildman–Crippen LogP) is 1.82. The van der Waals surface area contributed by atoms with Gasteiger partial charge in [0.15, 0.2) is 4.34 Å². The number of quaternary nitrogens is 1. The summed E-state index contributed by atoms with van der Waals surface area (Å²) in [5.74, 6) is 0.202. The van der Waals surface area contributed by atoms with Crippen LogP contribution in [0.3, 0.4) is 0 Å². The highest BCUT2D eigenvalue weighted by Gasteiger charge is 2.27. The quantitative estimate of drug-likeness (QED) is 0.735. The van der Waals surface area contributed by atoms with Crippen molar-refractivity contribution in [3.63, 3.8) is 0 Å². The topological polar surface area (TPSA) is 62.6 Å². The van der Waals surface area contributed by atoms with E-state index in [9.17, 15) is 4.79 Å². The van der Waals surface area contributed by atoms with E-state index in [1.165, 1.54) is 28.7 Å². The molecule has 3 rings (SSSR count). The van der Waals surface area contributed by atoms with Crippen molar-refractivity contribution < 1.29 is 9.69 Å². The number of hydrogen-bond donors (Lipinski definition) is 2. The zero-order valence-corrected chi connectivity index (χ0v) is 17.1. The fraction of sp³-hybridized carbons (Fsp3) is 0.500. The number of anilines is 2. The molecule has 140 valence electrons. The summed E-state index contributed by atoms with van der Waals surface area (Å²) in [6.07, 6.45) is 0. The van der Waals surface area contributed by atoms with Crippen molar-refractivity contribution in [2.75, 3.05) is 38.0 Å². The molecule has 0 spiro atoms. The monoisotopic (exact) mass is 392 g/mol. The minimum Gasteiger partial charge on any atom is -0.332 e. The normalized spacial score (nSPS) is 16.5. The molecule has 0 radical (unpaired) electrons. The van der Waals surface area contributed by atoms with E-state index in [0.717, 1.165) is 47.9 Å². The average Bonchev–Trinajstić information content (AvgIpc) is 3.10. The van der Waals surface area contributed by atoms with Crippen molar-refractivity contribution in [1.29, 1.82) is 0 Å². The summed E-state index contributed by atoms with van der Waals surface area (Å²) in [6.45, 7) is 11.1. The summed E-state index contributed by atoms with van der Waals surface area (Å²) in [7, 11) is 0. The fourth-order valence-corrected chi connectivity index (χ4v) is 4.92. The Balaban J connectivity index is 1.53. The molecule has 2 heterocycles. The number of hydrogen-bond acceptors (Lipinski definition) is 6. The third kappa shape index (κ3) is 4.96. The molecule has 2 N–H and O–H groups in total. The molecule has 1 aliphatic rings. The van der Waals surface area contributed by atoms with Crippen LogP contribution in [0.25, 0.3) is 0 Å². The molecule has 0 bridgehead atoms. The molecular weight excluding hydrogens is 366 g/mol. The number of nitrogens with zero attached hydrogens (tertiary/aromatic N) is 3. The van der Waals surface area contributed by atoms with Crippen molar-refractivity contribution in [3.05, 3.63) is 29.8 Å². The van der Waals surface area contributed by atoms with Crippen LogP contribution in [0.4, 0.5) is 10.8 Å². The first-order chi connectivity index (χ1) is 12.5. The summed E-state index contributed by atoms with van der Waals surface area (Å²) >= 11 is 2.98. The highest BCUT2D eigenvalue weighted by atomic mass is 32.2. The van der Waals surface area contributed by atoms with Gasteiger partial charge in [0.1, 0.15) is 0 Å². The maximum absolute atomic E-state index is 12.7. The van der Waals surface area contributed by atoms with E-state index >= 15 is 0 Å². The first-order valence-electron chi connectivity index (χ1n) is 9.01. The Morgan fingerprint density at radius 1 is 1.31 bits per heavy atom. The van der Waals surface area contributed by atoms with Crippen LogP contribution in [0.2, 0.25) is 0 Å². The summed E-state index contributed by atoms with van der Waals surface area (Å²) < 4.78 is 0.818. The van der Waals surface area contributed by atoms with Crippen molar-refractivity contribution in [2.24, 2.45) is 0 Å². The minimum absolute atomic E-state index is 0.140. The first kappa shape index (κ1) is 19.1. The molecule has 1 fully saturated rings. The van der Waals surface area contributed by atoms with Crippen LogP contribution in [0.5, 0.6) is 0 Å². The predicted molar refractivity (Wildman–Crippen MR) is 108 cm³/mol. The van der Waals surface area contributed by atoms with Crippen LogP contribution in [-0.4, -0.2) is 59.0 Å².